The minimum absolute atomic E-state index is 0.544. The molecule has 4 heterocycles. The molecule has 0 amide bonds. The molecule has 0 saturated heterocycles. The van der Waals surface area contributed by atoms with Crippen LogP contribution in [0, 0.1) is 6.92 Å². The van der Waals surface area contributed by atoms with Gasteiger partial charge in [0.1, 0.15) is 10.8 Å². The molecule has 0 bridgehead atoms. The Bertz CT molecular complexity index is 1020. The largest absolute Gasteiger partial charge is 0.356 e. The van der Waals surface area contributed by atoms with E-state index in [1.165, 1.54) is 5.56 Å². The van der Waals surface area contributed by atoms with Gasteiger partial charge in [-0.15, -0.1) is 11.3 Å². The molecule has 126 valence electrons. The highest BCUT2D eigenvalue weighted by Crippen LogP contribution is 2.31. The first-order valence-corrected chi connectivity index (χ1v) is 9.11. The van der Waals surface area contributed by atoms with Crippen LogP contribution in [0.5, 0.6) is 0 Å². The first-order valence-electron chi connectivity index (χ1n) is 7.91. The molecule has 4 rings (SSSR count). The summed E-state index contributed by atoms with van der Waals surface area (Å²) >= 11 is 7.91. The number of nitrogens with zero attached hydrogens (tertiary/aromatic N) is 3. The van der Waals surface area contributed by atoms with Gasteiger partial charge in [0, 0.05) is 29.9 Å². The number of pyridine rings is 2. The summed E-state index contributed by atoms with van der Waals surface area (Å²) in [6, 6.07) is 9.99. The number of hydrogen-bond acceptors (Lipinski definition) is 5. The van der Waals surface area contributed by atoms with Gasteiger partial charge in [-0.2, -0.15) is 0 Å². The fourth-order valence-corrected chi connectivity index (χ4v) is 3.90. The van der Waals surface area contributed by atoms with Crippen molar-refractivity contribution in [2.24, 2.45) is 0 Å². The lowest BCUT2D eigenvalue weighted by molar-refractivity contribution is 1.01. The molecule has 4 aromatic heterocycles. The van der Waals surface area contributed by atoms with E-state index in [2.05, 4.69) is 31.3 Å². The fourth-order valence-electron chi connectivity index (χ4n) is 2.71. The average molecular weight is 370 g/mol. The number of anilines is 1. The lowest BCUT2D eigenvalue weighted by Crippen LogP contribution is -2.01. The second kappa shape index (κ2) is 6.82. The Kier molecular flexibility index (Phi) is 4.38. The molecule has 0 unspecified atom stereocenters. The summed E-state index contributed by atoms with van der Waals surface area (Å²) in [4.78, 5) is 17.5. The highest BCUT2D eigenvalue weighted by Gasteiger charge is 2.13. The zero-order chi connectivity index (χ0) is 17.2. The van der Waals surface area contributed by atoms with Crippen LogP contribution < -0.4 is 5.32 Å². The van der Waals surface area contributed by atoms with E-state index in [1.807, 2.05) is 37.4 Å². The zero-order valence-electron chi connectivity index (χ0n) is 13.6. The lowest BCUT2D eigenvalue weighted by atomic mass is 10.1. The summed E-state index contributed by atoms with van der Waals surface area (Å²) in [6.07, 6.45) is 4.49. The van der Waals surface area contributed by atoms with Crippen LogP contribution in [0.3, 0.4) is 0 Å². The van der Waals surface area contributed by atoms with Crippen molar-refractivity contribution in [3.8, 4) is 0 Å². The molecule has 0 aliphatic carbocycles. The molecule has 0 aliphatic heterocycles. The summed E-state index contributed by atoms with van der Waals surface area (Å²) in [5.41, 5.74) is 4.04. The van der Waals surface area contributed by atoms with E-state index in [0.29, 0.717) is 11.7 Å². The zero-order valence-corrected chi connectivity index (χ0v) is 15.2. The normalized spacial score (nSPS) is 11.1. The number of hydrogen-bond donors (Lipinski definition) is 2. The van der Waals surface area contributed by atoms with E-state index in [0.717, 1.165) is 38.9 Å². The van der Waals surface area contributed by atoms with Crippen LogP contribution >= 0.6 is 22.9 Å². The SMILES string of the molecule is Cc1cccc(CNc2nc(Cl)c(Cc3c[nH]c4ncccc34)s2)n1. The second-order valence-electron chi connectivity index (χ2n) is 5.75. The Morgan fingerprint density at radius 2 is 2.12 bits per heavy atom. The highest BCUT2D eigenvalue weighted by molar-refractivity contribution is 7.16. The van der Waals surface area contributed by atoms with Crippen molar-refractivity contribution in [3.05, 3.63) is 69.7 Å². The van der Waals surface area contributed by atoms with Crippen LogP contribution in [0.25, 0.3) is 11.0 Å². The van der Waals surface area contributed by atoms with Gasteiger partial charge >= 0.3 is 0 Å². The minimum Gasteiger partial charge on any atom is -0.356 e. The van der Waals surface area contributed by atoms with Crippen molar-refractivity contribution in [1.29, 1.82) is 0 Å². The highest BCUT2D eigenvalue weighted by atomic mass is 35.5. The van der Waals surface area contributed by atoms with Crippen molar-refractivity contribution >= 4 is 39.1 Å². The van der Waals surface area contributed by atoms with E-state index in [1.54, 1.807) is 17.5 Å². The third-order valence-electron chi connectivity index (χ3n) is 3.90. The predicted molar refractivity (Wildman–Crippen MR) is 102 cm³/mol. The summed E-state index contributed by atoms with van der Waals surface area (Å²) in [7, 11) is 0. The van der Waals surface area contributed by atoms with E-state index in [4.69, 9.17) is 11.6 Å². The molecular weight excluding hydrogens is 354 g/mol. The molecule has 2 N–H and O–H groups in total. The molecule has 0 atom stereocenters. The first kappa shape index (κ1) is 16.1. The molecule has 0 aliphatic rings. The average Bonchev–Trinajstić information content (AvgIpc) is 3.18. The van der Waals surface area contributed by atoms with Gasteiger partial charge in [-0.25, -0.2) is 9.97 Å². The fraction of sp³-hybridized carbons (Fsp3) is 0.167. The number of nitrogens with one attached hydrogen (secondary N) is 2. The molecule has 25 heavy (non-hydrogen) atoms. The van der Waals surface area contributed by atoms with Crippen molar-refractivity contribution in [1.82, 2.24) is 19.9 Å². The molecule has 0 aromatic carbocycles. The van der Waals surface area contributed by atoms with Crippen LogP contribution in [0.4, 0.5) is 5.13 Å². The topological polar surface area (TPSA) is 66.5 Å². The summed E-state index contributed by atoms with van der Waals surface area (Å²) in [5, 5.41) is 5.77. The Balaban J connectivity index is 1.50. The minimum atomic E-state index is 0.544. The van der Waals surface area contributed by atoms with Crippen LogP contribution in [0.1, 0.15) is 21.8 Å². The molecule has 0 radical (unpaired) electrons. The third-order valence-corrected chi connectivity index (χ3v) is 5.34. The molecule has 0 fully saturated rings. The predicted octanol–water partition coefficient (Wildman–Crippen LogP) is 4.58. The molecule has 4 aromatic rings. The van der Waals surface area contributed by atoms with Crippen molar-refractivity contribution in [3.63, 3.8) is 0 Å². The van der Waals surface area contributed by atoms with Gasteiger partial charge in [-0.1, -0.05) is 17.7 Å². The quantitative estimate of drug-likeness (QED) is 0.540. The number of thiazole rings is 1. The van der Waals surface area contributed by atoms with Gasteiger partial charge in [0.2, 0.25) is 0 Å². The Hall–Kier alpha value is -2.44. The van der Waals surface area contributed by atoms with Gasteiger partial charge in [-0.3, -0.25) is 4.98 Å². The van der Waals surface area contributed by atoms with E-state index in [9.17, 15) is 0 Å². The van der Waals surface area contributed by atoms with E-state index in [-0.39, 0.29) is 0 Å². The van der Waals surface area contributed by atoms with Gasteiger partial charge in [0.25, 0.3) is 0 Å². The van der Waals surface area contributed by atoms with E-state index < -0.39 is 0 Å². The van der Waals surface area contributed by atoms with Crippen molar-refractivity contribution < 1.29 is 0 Å². The number of fused-ring (bicyclic) bond motifs is 1. The molecule has 0 spiro atoms. The van der Waals surface area contributed by atoms with Crippen LogP contribution in [-0.4, -0.2) is 19.9 Å². The lowest BCUT2D eigenvalue weighted by Gasteiger charge is -2.02. The molecule has 0 saturated carbocycles. The summed E-state index contributed by atoms with van der Waals surface area (Å²) < 4.78 is 0. The van der Waals surface area contributed by atoms with Gasteiger partial charge in [0.15, 0.2) is 5.13 Å². The third kappa shape index (κ3) is 3.50. The molecule has 7 heteroatoms. The number of rotatable bonds is 5. The Labute approximate surface area is 154 Å². The van der Waals surface area contributed by atoms with Gasteiger partial charge in [0.05, 0.1) is 17.1 Å². The second-order valence-corrected chi connectivity index (χ2v) is 7.19. The number of halogens is 1. The molecule has 5 nitrogen and oxygen atoms in total. The smallest absolute Gasteiger partial charge is 0.184 e. The van der Waals surface area contributed by atoms with Crippen molar-refractivity contribution in [2.45, 2.75) is 19.9 Å². The number of aromatic amines is 1. The van der Waals surface area contributed by atoms with Crippen LogP contribution in [0.15, 0.2) is 42.7 Å². The molecular formula is C18H16ClN5S. The first-order chi connectivity index (χ1) is 12.2. The monoisotopic (exact) mass is 369 g/mol. The maximum atomic E-state index is 6.34. The maximum Gasteiger partial charge on any atom is 0.184 e. The maximum absolute atomic E-state index is 6.34. The Morgan fingerprint density at radius 1 is 1.20 bits per heavy atom. The summed E-state index contributed by atoms with van der Waals surface area (Å²) in [5.74, 6) is 0. The van der Waals surface area contributed by atoms with Crippen molar-refractivity contribution in [2.75, 3.05) is 5.32 Å². The standard InChI is InChI=1S/C18H16ClN5S/c1-11-4-2-5-13(23-11)10-22-18-24-16(19)15(25-18)8-12-9-21-17-14(12)6-3-7-20-17/h2-7,9H,8,10H2,1H3,(H,20,21)(H,22,24). The Morgan fingerprint density at radius 3 is 3.00 bits per heavy atom. The van der Waals surface area contributed by atoms with Crippen LogP contribution in [-0.2, 0) is 13.0 Å². The number of H-pyrrole nitrogens is 1. The number of aryl methyl sites for hydroxylation is 1. The van der Waals surface area contributed by atoms with Gasteiger partial charge in [-0.05, 0) is 36.8 Å². The van der Waals surface area contributed by atoms with E-state index >= 15 is 0 Å². The van der Waals surface area contributed by atoms with Crippen LogP contribution in [0.2, 0.25) is 5.15 Å². The summed E-state index contributed by atoms with van der Waals surface area (Å²) in [6.45, 7) is 2.61. The van der Waals surface area contributed by atoms with Gasteiger partial charge < -0.3 is 10.3 Å². The number of aromatic nitrogens is 4.